The number of para-hydroxylation sites is 1. The molecule has 0 unspecified atom stereocenters. The molecule has 23 heavy (non-hydrogen) atoms. The molecule has 4 nitrogen and oxygen atoms in total. The minimum Gasteiger partial charge on any atom is -0.484 e. The minimum atomic E-state index is 0.263. The molecule has 3 aromatic rings. The first kappa shape index (κ1) is 15.9. The normalized spacial score (nSPS) is 10.7. The van der Waals surface area contributed by atoms with Crippen molar-refractivity contribution < 1.29 is 9.15 Å². The monoisotopic (exact) mass is 346 g/mol. The maximum Gasteiger partial charge on any atom is 0.277 e. The van der Waals surface area contributed by atoms with E-state index in [0.717, 1.165) is 27.7 Å². The first-order valence-corrected chi connectivity index (χ1v) is 8.45. The molecular formula is C17H15ClN2O2S. The molecule has 0 aliphatic rings. The molecule has 3 rings (SSSR count). The zero-order valence-electron chi connectivity index (χ0n) is 12.5. The second kappa shape index (κ2) is 7.53. The van der Waals surface area contributed by atoms with E-state index in [0.29, 0.717) is 11.1 Å². The van der Waals surface area contributed by atoms with E-state index >= 15 is 0 Å². The van der Waals surface area contributed by atoms with Gasteiger partial charge in [0.15, 0.2) is 6.61 Å². The van der Waals surface area contributed by atoms with Crippen LogP contribution in [-0.4, -0.2) is 10.2 Å². The van der Waals surface area contributed by atoms with Crippen molar-refractivity contribution in [1.82, 2.24) is 10.2 Å². The number of hydrogen-bond acceptors (Lipinski definition) is 5. The number of halogens is 1. The molecule has 0 saturated heterocycles. The maximum atomic E-state index is 5.87. The lowest BCUT2D eigenvalue weighted by Crippen LogP contribution is -1.97. The van der Waals surface area contributed by atoms with Gasteiger partial charge in [-0.25, -0.2) is 0 Å². The third-order valence-electron chi connectivity index (χ3n) is 3.17. The molecule has 0 N–H and O–H groups in total. The summed E-state index contributed by atoms with van der Waals surface area (Å²) in [5.74, 6) is 2.03. The number of aromatic nitrogens is 2. The van der Waals surface area contributed by atoms with Gasteiger partial charge in [0.05, 0.1) is 0 Å². The molecule has 0 aliphatic heterocycles. The van der Waals surface area contributed by atoms with Crippen molar-refractivity contribution in [1.29, 1.82) is 0 Å². The van der Waals surface area contributed by atoms with Crippen LogP contribution in [0.1, 0.15) is 17.0 Å². The van der Waals surface area contributed by atoms with Gasteiger partial charge in [0.2, 0.25) is 0 Å². The lowest BCUT2D eigenvalue weighted by molar-refractivity contribution is 0.251. The van der Waals surface area contributed by atoms with Crippen LogP contribution in [0, 0.1) is 6.92 Å². The van der Waals surface area contributed by atoms with Crippen molar-refractivity contribution in [2.24, 2.45) is 0 Å². The second-order valence-electron chi connectivity index (χ2n) is 4.93. The topological polar surface area (TPSA) is 48.2 Å². The predicted molar refractivity (Wildman–Crippen MR) is 90.8 cm³/mol. The Morgan fingerprint density at radius 3 is 2.65 bits per heavy atom. The van der Waals surface area contributed by atoms with Crippen LogP contribution >= 0.6 is 23.4 Å². The van der Waals surface area contributed by atoms with Gasteiger partial charge in [-0.05, 0) is 36.2 Å². The Kier molecular flexibility index (Phi) is 5.20. The number of ether oxygens (including phenoxy) is 1. The zero-order valence-corrected chi connectivity index (χ0v) is 14.1. The van der Waals surface area contributed by atoms with E-state index in [2.05, 4.69) is 10.2 Å². The summed E-state index contributed by atoms with van der Waals surface area (Å²) in [6.45, 7) is 2.26. The van der Waals surface area contributed by atoms with Crippen molar-refractivity contribution in [3.63, 3.8) is 0 Å². The summed E-state index contributed by atoms with van der Waals surface area (Å²) in [6.07, 6.45) is 0. The Bertz CT molecular complexity index is 774. The molecule has 0 atom stereocenters. The van der Waals surface area contributed by atoms with E-state index < -0.39 is 0 Å². The highest BCUT2D eigenvalue weighted by molar-refractivity contribution is 7.98. The Balaban J connectivity index is 1.53. The summed E-state index contributed by atoms with van der Waals surface area (Å²) in [6, 6.07) is 15.5. The third kappa shape index (κ3) is 4.50. The Morgan fingerprint density at radius 1 is 1.09 bits per heavy atom. The smallest absolute Gasteiger partial charge is 0.277 e. The lowest BCUT2D eigenvalue weighted by Gasteiger charge is -2.05. The quantitative estimate of drug-likeness (QED) is 0.594. The molecule has 118 valence electrons. The highest BCUT2D eigenvalue weighted by atomic mass is 35.5. The first-order valence-electron chi connectivity index (χ1n) is 7.09. The molecule has 0 spiro atoms. The maximum absolute atomic E-state index is 5.87. The van der Waals surface area contributed by atoms with Gasteiger partial charge in [-0.3, -0.25) is 0 Å². The van der Waals surface area contributed by atoms with Crippen LogP contribution in [0.25, 0.3) is 0 Å². The number of thioether (sulfide) groups is 1. The molecule has 0 fully saturated rings. The van der Waals surface area contributed by atoms with E-state index in [-0.39, 0.29) is 6.61 Å². The van der Waals surface area contributed by atoms with E-state index in [4.69, 9.17) is 20.8 Å². The average Bonchev–Trinajstić information content (AvgIpc) is 3.02. The molecule has 0 saturated carbocycles. The van der Waals surface area contributed by atoms with Crippen molar-refractivity contribution in [3.05, 3.63) is 70.6 Å². The summed E-state index contributed by atoms with van der Waals surface area (Å²) in [7, 11) is 0. The van der Waals surface area contributed by atoms with Crippen LogP contribution in [0.4, 0.5) is 0 Å². The second-order valence-corrected chi connectivity index (χ2v) is 6.29. The van der Waals surface area contributed by atoms with Crippen LogP contribution in [0.3, 0.4) is 0 Å². The van der Waals surface area contributed by atoms with Gasteiger partial charge in [-0.1, -0.05) is 53.7 Å². The molecule has 0 amide bonds. The largest absolute Gasteiger partial charge is 0.484 e. The highest BCUT2D eigenvalue weighted by Crippen LogP contribution is 2.23. The van der Waals surface area contributed by atoms with Gasteiger partial charge in [0.1, 0.15) is 5.75 Å². The van der Waals surface area contributed by atoms with Crippen molar-refractivity contribution in [2.45, 2.75) is 24.5 Å². The summed E-state index contributed by atoms with van der Waals surface area (Å²) in [4.78, 5) is 0. The van der Waals surface area contributed by atoms with Gasteiger partial charge in [0, 0.05) is 10.8 Å². The predicted octanol–water partition coefficient (Wildman–Crippen LogP) is 4.90. The average molecular weight is 347 g/mol. The Hall–Kier alpha value is -1.98. The van der Waals surface area contributed by atoms with Crippen LogP contribution in [-0.2, 0) is 12.4 Å². The third-order valence-corrected chi connectivity index (χ3v) is 4.31. The van der Waals surface area contributed by atoms with Crippen molar-refractivity contribution in [3.8, 4) is 5.75 Å². The summed E-state index contributed by atoms with van der Waals surface area (Å²) < 4.78 is 11.3. The van der Waals surface area contributed by atoms with Crippen LogP contribution in [0.2, 0.25) is 5.02 Å². The fraction of sp³-hybridized carbons (Fsp3) is 0.176. The lowest BCUT2D eigenvalue weighted by atomic mass is 10.2. The van der Waals surface area contributed by atoms with Crippen LogP contribution < -0.4 is 4.74 Å². The molecule has 0 bridgehead atoms. The Morgan fingerprint density at radius 2 is 1.87 bits per heavy atom. The summed E-state index contributed by atoms with van der Waals surface area (Å²) in [5, 5.41) is 9.29. The fourth-order valence-electron chi connectivity index (χ4n) is 1.94. The van der Waals surface area contributed by atoms with Gasteiger partial charge < -0.3 is 9.15 Å². The van der Waals surface area contributed by atoms with Gasteiger partial charge in [-0.2, -0.15) is 0 Å². The molecule has 2 aromatic carbocycles. The van der Waals surface area contributed by atoms with Gasteiger partial charge in [0.25, 0.3) is 11.1 Å². The fourth-order valence-corrected chi connectivity index (χ4v) is 2.80. The standard InChI is InChI=1S/C17H15ClN2O2S/c1-12-4-2-3-5-15(12)21-10-16-19-20-17(22-16)23-11-13-6-8-14(18)9-7-13/h2-9H,10-11H2,1H3. The van der Waals surface area contributed by atoms with E-state index in [1.807, 2.05) is 55.5 Å². The zero-order chi connectivity index (χ0) is 16.1. The Labute approximate surface area is 143 Å². The summed E-state index contributed by atoms with van der Waals surface area (Å²) in [5.41, 5.74) is 2.22. The minimum absolute atomic E-state index is 0.263. The molecular weight excluding hydrogens is 332 g/mol. The number of aryl methyl sites for hydroxylation is 1. The van der Waals surface area contributed by atoms with Crippen molar-refractivity contribution in [2.75, 3.05) is 0 Å². The van der Waals surface area contributed by atoms with Crippen molar-refractivity contribution >= 4 is 23.4 Å². The molecule has 0 aliphatic carbocycles. The van der Waals surface area contributed by atoms with Crippen LogP contribution in [0.5, 0.6) is 5.75 Å². The highest BCUT2D eigenvalue weighted by Gasteiger charge is 2.08. The van der Waals surface area contributed by atoms with E-state index in [1.165, 1.54) is 11.8 Å². The van der Waals surface area contributed by atoms with E-state index in [1.54, 1.807) is 0 Å². The molecule has 1 heterocycles. The molecule has 0 radical (unpaired) electrons. The van der Waals surface area contributed by atoms with Crippen LogP contribution in [0.15, 0.2) is 58.2 Å². The number of rotatable bonds is 6. The van der Waals surface area contributed by atoms with Gasteiger partial charge in [-0.15, -0.1) is 10.2 Å². The van der Waals surface area contributed by atoms with E-state index in [9.17, 15) is 0 Å². The number of nitrogens with zero attached hydrogens (tertiary/aromatic N) is 2. The molecule has 1 aromatic heterocycles. The SMILES string of the molecule is Cc1ccccc1OCc1nnc(SCc2ccc(Cl)cc2)o1. The summed E-state index contributed by atoms with van der Waals surface area (Å²) >= 11 is 7.35. The number of benzene rings is 2. The van der Waals surface area contributed by atoms with Gasteiger partial charge >= 0.3 is 0 Å². The molecule has 6 heteroatoms. The first-order chi connectivity index (χ1) is 11.2. The number of hydrogen-bond donors (Lipinski definition) is 0.